The summed E-state index contributed by atoms with van der Waals surface area (Å²) < 4.78 is 9.45. The van der Waals surface area contributed by atoms with E-state index in [0.29, 0.717) is 5.11 Å². The van der Waals surface area contributed by atoms with E-state index in [-0.39, 0.29) is 12.1 Å². The van der Waals surface area contributed by atoms with Crippen LogP contribution >= 0.6 is 28.1 Å². The lowest BCUT2D eigenvalue weighted by Gasteiger charge is -2.28. The van der Waals surface area contributed by atoms with Gasteiger partial charge in [-0.25, -0.2) is 0 Å². The number of anilines is 1. The van der Waals surface area contributed by atoms with Crippen molar-refractivity contribution >= 4 is 38.9 Å². The number of pyridine rings is 1. The van der Waals surface area contributed by atoms with E-state index < -0.39 is 0 Å². The fourth-order valence-electron chi connectivity index (χ4n) is 5.44. The molecule has 1 aliphatic rings. The van der Waals surface area contributed by atoms with Crippen molar-refractivity contribution in [2.75, 3.05) is 4.90 Å². The van der Waals surface area contributed by atoms with Crippen LogP contribution in [-0.2, 0) is 0 Å². The lowest BCUT2D eigenvalue weighted by Crippen LogP contribution is -2.29. The summed E-state index contributed by atoms with van der Waals surface area (Å²) in [4.78, 5) is 6.92. The Hall–Kier alpha value is -3.94. The first-order valence-electron chi connectivity index (χ1n) is 13.2. The number of aromatic nitrogens is 2. The van der Waals surface area contributed by atoms with E-state index in [9.17, 15) is 0 Å². The van der Waals surface area contributed by atoms with Crippen LogP contribution in [0.25, 0.3) is 5.69 Å². The van der Waals surface area contributed by atoms with Gasteiger partial charge in [0.2, 0.25) is 0 Å². The minimum atomic E-state index is -0.115. The van der Waals surface area contributed by atoms with E-state index in [0.717, 1.165) is 38.7 Å². The molecule has 200 valence electrons. The van der Waals surface area contributed by atoms with Gasteiger partial charge in [-0.1, -0.05) is 39.7 Å². The van der Waals surface area contributed by atoms with Crippen LogP contribution in [0.5, 0.6) is 11.5 Å². The summed E-state index contributed by atoms with van der Waals surface area (Å²) in [5, 5.41) is 4.25. The predicted molar refractivity (Wildman–Crippen MR) is 169 cm³/mol. The molecule has 5 nitrogen and oxygen atoms in total. The third kappa shape index (κ3) is 5.03. The van der Waals surface area contributed by atoms with Crippen molar-refractivity contribution in [3.63, 3.8) is 0 Å². The van der Waals surface area contributed by atoms with Gasteiger partial charge >= 0.3 is 0 Å². The Labute approximate surface area is 248 Å². The number of thiocarbonyl (C=S) groups is 1. The van der Waals surface area contributed by atoms with Gasteiger partial charge in [0, 0.05) is 33.4 Å². The van der Waals surface area contributed by atoms with E-state index >= 15 is 0 Å². The van der Waals surface area contributed by atoms with E-state index in [1.165, 1.54) is 16.8 Å². The first-order valence-corrected chi connectivity index (χ1v) is 14.4. The topological polar surface area (TPSA) is 42.3 Å². The molecule has 0 amide bonds. The highest BCUT2D eigenvalue weighted by atomic mass is 79.9. The highest BCUT2D eigenvalue weighted by Gasteiger charge is 2.42. The van der Waals surface area contributed by atoms with Gasteiger partial charge < -0.3 is 19.5 Å². The largest absolute Gasteiger partial charge is 0.457 e. The third-order valence-electron chi connectivity index (χ3n) is 7.34. The van der Waals surface area contributed by atoms with Gasteiger partial charge in [-0.15, -0.1) is 0 Å². The van der Waals surface area contributed by atoms with Crippen molar-refractivity contribution in [3.8, 4) is 17.2 Å². The monoisotopic (exact) mass is 608 g/mol. The van der Waals surface area contributed by atoms with Gasteiger partial charge in [-0.2, -0.15) is 0 Å². The van der Waals surface area contributed by atoms with Crippen LogP contribution in [0.2, 0.25) is 0 Å². The SMILES string of the molecule is Cc1ccc(Oc2ccc(N3C(=S)N[C@H](c4ccccn4)[C@H]3c3cc(C)n(-c4ccc(Br)cc4)c3C)cc2)cc1. The van der Waals surface area contributed by atoms with Gasteiger partial charge in [0.1, 0.15) is 11.5 Å². The summed E-state index contributed by atoms with van der Waals surface area (Å²) in [5.41, 5.74) is 7.79. The molecule has 0 bridgehead atoms. The maximum Gasteiger partial charge on any atom is 0.174 e. The van der Waals surface area contributed by atoms with Crippen LogP contribution in [0.15, 0.2) is 108 Å². The Morgan fingerprint density at radius 2 is 1.48 bits per heavy atom. The Kier molecular flexibility index (Phi) is 7.17. The molecule has 0 unspecified atom stereocenters. The van der Waals surface area contributed by atoms with E-state index in [1.54, 1.807) is 0 Å². The zero-order chi connectivity index (χ0) is 27.8. The molecule has 3 heterocycles. The van der Waals surface area contributed by atoms with Crippen molar-refractivity contribution in [2.24, 2.45) is 0 Å². The van der Waals surface area contributed by atoms with Crippen LogP contribution in [0.3, 0.4) is 0 Å². The number of nitrogens with zero attached hydrogens (tertiary/aromatic N) is 3. The van der Waals surface area contributed by atoms with Gasteiger partial charge in [-0.3, -0.25) is 4.98 Å². The highest BCUT2D eigenvalue weighted by molar-refractivity contribution is 9.10. The molecule has 5 aromatic rings. The molecule has 1 aliphatic heterocycles. The van der Waals surface area contributed by atoms with Crippen LogP contribution in [0.1, 0.15) is 40.3 Å². The first-order chi connectivity index (χ1) is 19.4. The fourth-order valence-corrected chi connectivity index (χ4v) is 6.05. The number of hydrogen-bond donors (Lipinski definition) is 1. The van der Waals surface area contributed by atoms with Crippen molar-refractivity contribution in [3.05, 3.63) is 136 Å². The fraction of sp³-hybridized carbons (Fsp3) is 0.152. The Morgan fingerprint density at radius 1 is 0.825 bits per heavy atom. The zero-order valence-corrected chi connectivity index (χ0v) is 24.9. The van der Waals surface area contributed by atoms with Crippen LogP contribution in [0.4, 0.5) is 5.69 Å². The number of aryl methyl sites for hydroxylation is 2. The Balaban J connectivity index is 1.40. The molecule has 0 spiro atoms. The van der Waals surface area contributed by atoms with E-state index in [2.05, 4.69) is 100 Å². The number of ether oxygens (including phenoxy) is 1. The second-order valence-corrected chi connectivity index (χ2v) is 11.3. The smallest absolute Gasteiger partial charge is 0.174 e. The summed E-state index contributed by atoms with van der Waals surface area (Å²) in [6.07, 6.45) is 1.84. The normalized spacial score (nSPS) is 16.7. The van der Waals surface area contributed by atoms with Crippen molar-refractivity contribution in [1.29, 1.82) is 0 Å². The molecule has 6 rings (SSSR count). The molecule has 1 N–H and O–H groups in total. The quantitative estimate of drug-likeness (QED) is 0.196. The van der Waals surface area contributed by atoms with Crippen molar-refractivity contribution < 1.29 is 4.74 Å². The number of hydrogen-bond acceptors (Lipinski definition) is 3. The van der Waals surface area contributed by atoms with E-state index in [1.807, 2.05) is 54.7 Å². The van der Waals surface area contributed by atoms with Crippen LogP contribution in [0, 0.1) is 20.8 Å². The Morgan fingerprint density at radius 3 is 2.12 bits per heavy atom. The number of halogens is 1. The Bertz CT molecular complexity index is 1650. The molecule has 0 radical (unpaired) electrons. The summed E-state index contributed by atoms with van der Waals surface area (Å²) >= 11 is 9.52. The van der Waals surface area contributed by atoms with Crippen LogP contribution in [-0.4, -0.2) is 14.7 Å². The summed E-state index contributed by atoms with van der Waals surface area (Å²) in [6.45, 7) is 6.39. The summed E-state index contributed by atoms with van der Waals surface area (Å²) in [5.74, 6) is 1.59. The second kappa shape index (κ2) is 10.9. The summed E-state index contributed by atoms with van der Waals surface area (Å²) in [7, 11) is 0. The standard InChI is InChI=1S/C33H29BrN4OS/c1-21-7-15-27(16-8-21)39-28-17-13-26(14-18-28)38-32(31(36-33(38)40)30-6-4-5-19-35-30)29-20-22(2)37(23(29)3)25-11-9-24(34)10-12-25/h4-20,31-32H,1-3H3,(H,36,40)/t31-,32-/m1/s1. The van der Waals surface area contributed by atoms with Gasteiger partial charge in [0.05, 0.1) is 17.8 Å². The second-order valence-electron chi connectivity index (χ2n) is 10.0. The first kappa shape index (κ1) is 26.3. The lowest BCUT2D eigenvalue weighted by atomic mass is 9.96. The zero-order valence-electron chi connectivity index (χ0n) is 22.5. The molecule has 0 aliphatic carbocycles. The molecular weight excluding hydrogens is 580 g/mol. The third-order valence-corrected chi connectivity index (χ3v) is 8.19. The lowest BCUT2D eigenvalue weighted by molar-refractivity contribution is 0.482. The molecule has 0 saturated carbocycles. The number of benzene rings is 3. The molecule has 1 fully saturated rings. The minimum absolute atomic E-state index is 0.0957. The van der Waals surface area contributed by atoms with Crippen molar-refractivity contribution in [2.45, 2.75) is 32.9 Å². The molecule has 3 aromatic carbocycles. The summed E-state index contributed by atoms with van der Waals surface area (Å²) in [6, 6.07) is 32.7. The number of nitrogens with one attached hydrogen (secondary N) is 1. The van der Waals surface area contributed by atoms with E-state index in [4.69, 9.17) is 21.9 Å². The molecule has 2 atom stereocenters. The van der Waals surface area contributed by atoms with Crippen molar-refractivity contribution in [1.82, 2.24) is 14.9 Å². The maximum absolute atomic E-state index is 6.09. The maximum atomic E-state index is 6.09. The van der Waals surface area contributed by atoms with Crippen LogP contribution < -0.4 is 15.0 Å². The van der Waals surface area contributed by atoms with Gasteiger partial charge in [-0.05, 0) is 117 Å². The molecular formula is C33H29BrN4OS. The minimum Gasteiger partial charge on any atom is -0.457 e. The molecule has 2 aromatic heterocycles. The molecule has 40 heavy (non-hydrogen) atoms. The predicted octanol–water partition coefficient (Wildman–Crippen LogP) is 8.53. The van der Waals surface area contributed by atoms with Gasteiger partial charge in [0.25, 0.3) is 0 Å². The molecule has 7 heteroatoms. The highest BCUT2D eigenvalue weighted by Crippen LogP contribution is 2.44. The average molecular weight is 610 g/mol. The molecule has 1 saturated heterocycles. The number of rotatable bonds is 6. The van der Waals surface area contributed by atoms with Gasteiger partial charge in [0.15, 0.2) is 5.11 Å². The average Bonchev–Trinajstić information content (AvgIpc) is 3.46.